The van der Waals surface area contributed by atoms with Gasteiger partial charge in [0.05, 0.1) is 24.4 Å². The van der Waals surface area contributed by atoms with Gasteiger partial charge in [0.2, 0.25) is 5.88 Å². The average molecular weight is 277 g/mol. The van der Waals surface area contributed by atoms with Gasteiger partial charge in [-0.3, -0.25) is 0 Å². The minimum Gasteiger partial charge on any atom is -0.480 e. The van der Waals surface area contributed by atoms with Crippen LogP contribution < -0.4 is 9.47 Å². The summed E-state index contributed by atoms with van der Waals surface area (Å²) in [6, 6.07) is 0.287. The van der Waals surface area contributed by atoms with Crippen molar-refractivity contribution >= 4 is 15.9 Å². The van der Waals surface area contributed by atoms with Crippen LogP contribution in [0.15, 0.2) is 10.7 Å². The van der Waals surface area contributed by atoms with E-state index in [1.54, 1.807) is 6.20 Å². The van der Waals surface area contributed by atoms with Gasteiger partial charge < -0.3 is 14.2 Å². The molecule has 0 aliphatic heterocycles. The van der Waals surface area contributed by atoms with Crippen molar-refractivity contribution in [2.75, 3.05) is 26.9 Å². The highest BCUT2D eigenvalue weighted by atomic mass is 79.9. The van der Waals surface area contributed by atoms with E-state index >= 15 is 0 Å². The molecule has 6 heteroatoms. The molecule has 0 bridgehead atoms. The highest BCUT2D eigenvalue weighted by Gasteiger charge is 2.05. The van der Waals surface area contributed by atoms with Gasteiger partial charge in [-0.2, -0.15) is 4.98 Å². The largest absolute Gasteiger partial charge is 0.480 e. The lowest BCUT2D eigenvalue weighted by molar-refractivity contribution is 0.106. The Morgan fingerprint density at radius 2 is 2.20 bits per heavy atom. The van der Waals surface area contributed by atoms with Crippen molar-refractivity contribution in [3.05, 3.63) is 10.7 Å². The minimum atomic E-state index is 0.287. The third-order valence-corrected chi connectivity index (χ3v) is 2.09. The second-order valence-corrected chi connectivity index (χ2v) is 3.41. The summed E-state index contributed by atoms with van der Waals surface area (Å²) in [6.07, 6.45) is 1.59. The van der Waals surface area contributed by atoms with E-state index in [4.69, 9.17) is 14.2 Å². The summed E-state index contributed by atoms with van der Waals surface area (Å²) in [4.78, 5) is 8.00. The van der Waals surface area contributed by atoms with Gasteiger partial charge in [-0.15, -0.1) is 0 Å². The van der Waals surface area contributed by atoms with Crippen molar-refractivity contribution in [1.82, 2.24) is 9.97 Å². The molecule has 0 atom stereocenters. The van der Waals surface area contributed by atoms with Crippen LogP contribution in [-0.2, 0) is 4.74 Å². The van der Waals surface area contributed by atoms with Crippen molar-refractivity contribution in [2.45, 2.75) is 6.92 Å². The van der Waals surface area contributed by atoms with Gasteiger partial charge in [-0.1, -0.05) is 0 Å². The molecule has 1 heterocycles. The van der Waals surface area contributed by atoms with Crippen molar-refractivity contribution < 1.29 is 14.2 Å². The normalized spacial score (nSPS) is 10.1. The third kappa shape index (κ3) is 4.01. The number of nitrogens with zero attached hydrogens (tertiary/aromatic N) is 2. The molecule has 0 saturated heterocycles. The molecule has 0 aliphatic rings. The maximum Gasteiger partial charge on any atom is 0.319 e. The van der Waals surface area contributed by atoms with Crippen molar-refractivity contribution in [3.63, 3.8) is 0 Å². The first-order valence-corrected chi connectivity index (χ1v) is 5.34. The Bertz CT molecular complexity index is 309. The average Bonchev–Trinajstić information content (AvgIpc) is 2.26. The van der Waals surface area contributed by atoms with Gasteiger partial charge >= 0.3 is 6.01 Å². The molecule has 1 aromatic heterocycles. The molecule has 0 spiro atoms. The lowest BCUT2D eigenvalue weighted by Gasteiger charge is -2.06. The van der Waals surface area contributed by atoms with E-state index in [2.05, 4.69) is 25.9 Å². The number of hydrogen-bond donors (Lipinski definition) is 0. The zero-order valence-corrected chi connectivity index (χ0v) is 10.3. The summed E-state index contributed by atoms with van der Waals surface area (Å²) in [7, 11) is 1.54. The number of methoxy groups -OCH3 is 1. The molecule has 0 radical (unpaired) electrons. The van der Waals surface area contributed by atoms with Gasteiger partial charge in [-0.05, 0) is 22.9 Å². The number of hydrogen-bond acceptors (Lipinski definition) is 5. The molecule has 0 saturated carbocycles. The van der Waals surface area contributed by atoms with Crippen LogP contribution in [0.1, 0.15) is 6.92 Å². The fraction of sp³-hybridized carbons (Fsp3) is 0.556. The van der Waals surface area contributed by atoms with E-state index in [9.17, 15) is 0 Å². The molecule has 0 N–H and O–H groups in total. The lowest BCUT2D eigenvalue weighted by Crippen LogP contribution is -2.08. The molecule has 84 valence electrons. The van der Waals surface area contributed by atoms with Crippen LogP contribution in [-0.4, -0.2) is 36.9 Å². The maximum absolute atomic E-state index is 5.26. The monoisotopic (exact) mass is 276 g/mol. The van der Waals surface area contributed by atoms with E-state index < -0.39 is 0 Å². The molecule has 0 unspecified atom stereocenters. The van der Waals surface area contributed by atoms with E-state index in [1.165, 1.54) is 7.11 Å². The highest BCUT2D eigenvalue weighted by molar-refractivity contribution is 9.10. The molecular formula is C9H13BrN2O3. The second kappa shape index (κ2) is 6.58. The summed E-state index contributed by atoms with van der Waals surface area (Å²) in [6.45, 7) is 3.56. The molecule has 0 aromatic carbocycles. The molecule has 15 heavy (non-hydrogen) atoms. The minimum absolute atomic E-state index is 0.287. The Morgan fingerprint density at radius 3 is 2.87 bits per heavy atom. The van der Waals surface area contributed by atoms with Gasteiger partial charge in [0.25, 0.3) is 0 Å². The van der Waals surface area contributed by atoms with Crippen LogP contribution in [0.25, 0.3) is 0 Å². The number of halogens is 1. The Kier molecular flexibility index (Phi) is 5.34. The SMILES string of the molecule is CCOCCOc1ncc(Br)c(OC)n1. The Balaban J connectivity index is 2.47. The Morgan fingerprint density at radius 1 is 1.40 bits per heavy atom. The van der Waals surface area contributed by atoms with E-state index in [0.29, 0.717) is 30.2 Å². The van der Waals surface area contributed by atoms with E-state index in [1.807, 2.05) is 6.92 Å². The maximum atomic E-state index is 5.26. The van der Waals surface area contributed by atoms with E-state index in [0.717, 1.165) is 0 Å². The van der Waals surface area contributed by atoms with Crippen LogP contribution in [0.5, 0.6) is 11.9 Å². The summed E-state index contributed by atoms with van der Waals surface area (Å²) in [5.74, 6) is 0.455. The van der Waals surface area contributed by atoms with Gasteiger partial charge in [0, 0.05) is 6.61 Å². The predicted octanol–water partition coefficient (Wildman–Crippen LogP) is 1.66. The standard InChI is InChI=1S/C9H13BrN2O3/c1-3-14-4-5-15-9-11-6-7(10)8(12-9)13-2/h6H,3-5H2,1-2H3. The highest BCUT2D eigenvalue weighted by Crippen LogP contribution is 2.22. The fourth-order valence-corrected chi connectivity index (χ4v) is 1.24. The van der Waals surface area contributed by atoms with Crippen molar-refractivity contribution in [3.8, 4) is 11.9 Å². The quantitative estimate of drug-likeness (QED) is 0.740. The van der Waals surface area contributed by atoms with Gasteiger partial charge in [-0.25, -0.2) is 4.98 Å². The Labute approximate surface area is 96.9 Å². The molecule has 0 fully saturated rings. The summed E-state index contributed by atoms with van der Waals surface area (Å²) in [5, 5.41) is 0. The van der Waals surface area contributed by atoms with Crippen molar-refractivity contribution in [1.29, 1.82) is 0 Å². The Hall–Kier alpha value is -0.880. The van der Waals surface area contributed by atoms with Crippen molar-refractivity contribution in [2.24, 2.45) is 0 Å². The molecule has 1 aromatic rings. The van der Waals surface area contributed by atoms with Crippen LogP contribution in [0.4, 0.5) is 0 Å². The first-order valence-electron chi connectivity index (χ1n) is 4.55. The summed E-state index contributed by atoms with van der Waals surface area (Å²) < 4.78 is 16.1. The van der Waals surface area contributed by atoms with Crippen LogP contribution in [0, 0.1) is 0 Å². The van der Waals surface area contributed by atoms with Crippen LogP contribution >= 0.6 is 15.9 Å². The zero-order valence-electron chi connectivity index (χ0n) is 8.70. The predicted molar refractivity (Wildman–Crippen MR) is 58.3 cm³/mol. The molecule has 0 amide bonds. The molecule has 0 aliphatic carbocycles. The summed E-state index contributed by atoms with van der Waals surface area (Å²) in [5.41, 5.74) is 0. The van der Waals surface area contributed by atoms with Gasteiger partial charge in [0.1, 0.15) is 6.61 Å². The number of rotatable bonds is 6. The zero-order chi connectivity index (χ0) is 11.1. The topological polar surface area (TPSA) is 53.5 Å². The lowest BCUT2D eigenvalue weighted by atomic mass is 10.6. The fourth-order valence-electron chi connectivity index (χ4n) is 0.885. The molecule has 1 rings (SSSR count). The smallest absolute Gasteiger partial charge is 0.319 e. The second-order valence-electron chi connectivity index (χ2n) is 2.56. The van der Waals surface area contributed by atoms with Crippen LogP contribution in [0.3, 0.4) is 0 Å². The first kappa shape index (κ1) is 12.2. The van der Waals surface area contributed by atoms with Crippen LogP contribution in [0.2, 0.25) is 0 Å². The third-order valence-electron chi connectivity index (χ3n) is 1.55. The molecule has 5 nitrogen and oxygen atoms in total. The molecular weight excluding hydrogens is 264 g/mol. The number of aromatic nitrogens is 2. The summed E-state index contributed by atoms with van der Waals surface area (Å²) >= 11 is 3.25. The number of ether oxygens (including phenoxy) is 3. The van der Waals surface area contributed by atoms with E-state index in [-0.39, 0.29) is 6.01 Å². The van der Waals surface area contributed by atoms with Gasteiger partial charge in [0.15, 0.2) is 0 Å². The first-order chi connectivity index (χ1) is 7.27.